The normalized spacial score (nSPS) is 11.6. The van der Waals surface area contributed by atoms with Crippen molar-refractivity contribution in [1.82, 2.24) is 15.0 Å². The molecule has 0 bridgehead atoms. The zero-order chi connectivity index (χ0) is 15.9. The van der Waals surface area contributed by atoms with Crippen LogP contribution in [0.3, 0.4) is 0 Å². The summed E-state index contributed by atoms with van der Waals surface area (Å²) in [7, 11) is 0. The van der Waals surface area contributed by atoms with E-state index in [9.17, 15) is 0 Å². The summed E-state index contributed by atoms with van der Waals surface area (Å²) in [5, 5.41) is 6.42. The fourth-order valence-corrected chi connectivity index (χ4v) is 1.56. The molecule has 0 spiro atoms. The molecule has 1 aromatic rings. The molecule has 6 nitrogen and oxygen atoms in total. The molecule has 0 atom stereocenters. The molecular weight excluding hydrogens is 266 g/mol. The molecule has 0 saturated heterocycles. The SMILES string of the molecule is CCCNc1nc(NCCC(C)(C)C)nc(OC(C)C)n1. The van der Waals surface area contributed by atoms with Crippen molar-refractivity contribution in [3.8, 4) is 6.01 Å². The summed E-state index contributed by atoms with van der Waals surface area (Å²) in [4.78, 5) is 13.0. The van der Waals surface area contributed by atoms with Gasteiger partial charge in [0.1, 0.15) is 0 Å². The number of hydrogen-bond donors (Lipinski definition) is 2. The maximum absolute atomic E-state index is 5.58. The summed E-state index contributed by atoms with van der Waals surface area (Å²) < 4.78 is 5.58. The van der Waals surface area contributed by atoms with Gasteiger partial charge in [-0.15, -0.1) is 0 Å². The lowest BCUT2D eigenvalue weighted by molar-refractivity contribution is 0.222. The Bertz CT molecular complexity index is 429. The molecule has 0 saturated carbocycles. The lowest BCUT2D eigenvalue weighted by atomic mass is 9.92. The Morgan fingerprint density at radius 2 is 1.57 bits per heavy atom. The monoisotopic (exact) mass is 295 g/mol. The van der Waals surface area contributed by atoms with Crippen LogP contribution in [0.15, 0.2) is 0 Å². The third kappa shape index (κ3) is 7.68. The van der Waals surface area contributed by atoms with Gasteiger partial charge in [0.15, 0.2) is 0 Å². The Balaban J connectivity index is 2.75. The molecule has 0 unspecified atom stereocenters. The summed E-state index contributed by atoms with van der Waals surface area (Å²) in [5.41, 5.74) is 0.278. The van der Waals surface area contributed by atoms with Crippen LogP contribution in [-0.2, 0) is 0 Å². The first-order chi connectivity index (χ1) is 9.80. The van der Waals surface area contributed by atoms with E-state index in [0.717, 1.165) is 25.9 Å². The van der Waals surface area contributed by atoms with Crippen LogP contribution in [0, 0.1) is 5.41 Å². The summed E-state index contributed by atoms with van der Waals surface area (Å²) in [6.07, 6.45) is 2.09. The van der Waals surface area contributed by atoms with Gasteiger partial charge in [0.2, 0.25) is 11.9 Å². The first-order valence-corrected chi connectivity index (χ1v) is 7.70. The third-order valence-corrected chi connectivity index (χ3v) is 2.65. The van der Waals surface area contributed by atoms with Gasteiger partial charge in [-0.3, -0.25) is 0 Å². The van der Waals surface area contributed by atoms with Gasteiger partial charge in [0.25, 0.3) is 0 Å². The molecule has 21 heavy (non-hydrogen) atoms. The van der Waals surface area contributed by atoms with Crippen molar-refractivity contribution in [2.75, 3.05) is 23.7 Å². The van der Waals surface area contributed by atoms with E-state index in [4.69, 9.17) is 4.74 Å². The van der Waals surface area contributed by atoms with Crippen LogP contribution in [0.2, 0.25) is 0 Å². The van der Waals surface area contributed by atoms with Gasteiger partial charge < -0.3 is 15.4 Å². The zero-order valence-corrected chi connectivity index (χ0v) is 14.2. The highest BCUT2D eigenvalue weighted by Crippen LogP contribution is 2.18. The van der Waals surface area contributed by atoms with E-state index in [1.54, 1.807) is 0 Å². The molecule has 0 amide bonds. The van der Waals surface area contributed by atoms with E-state index in [-0.39, 0.29) is 11.5 Å². The highest BCUT2D eigenvalue weighted by Gasteiger charge is 2.12. The number of aromatic nitrogens is 3. The zero-order valence-electron chi connectivity index (χ0n) is 14.2. The first kappa shape index (κ1) is 17.5. The summed E-state index contributed by atoms with van der Waals surface area (Å²) in [6, 6.07) is 0.358. The lowest BCUT2D eigenvalue weighted by Crippen LogP contribution is -2.17. The predicted octanol–water partition coefficient (Wildman–Crippen LogP) is 3.33. The minimum atomic E-state index is 0.0360. The van der Waals surface area contributed by atoms with Crippen LogP contribution < -0.4 is 15.4 Å². The number of hydrogen-bond acceptors (Lipinski definition) is 6. The fourth-order valence-electron chi connectivity index (χ4n) is 1.56. The molecule has 0 radical (unpaired) electrons. The van der Waals surface area contributed by atoms with E-state index in [1.165, 1.54) is 0 Å². The smallest absolute Gasteiger partial charge is 0.323 e. The van der Waals surface area contributed by atoms with Crippen molar-refractivity contribution >= 4 is 11.9 Å². The van der Waals surface area contributed by atoms with Gasteiger partial charge in [-0.25, -0.2) is 0 Å². The lowest BCUT2D eigenvalue weighted by Gasteiger charge is -2.18. The second kappa shape index (κ2) is 8.00. The van der Waals surface area contributed by atoms with Crippen molar-refractivity contribution in [2.45, 2.75) is 60.5 Å². The van der Waals surface area contributed by atoms with Crippen LogP contribution in [0.4, 0.5) is 11.9 Å². The van der Waals surface area contributed by atoms with Gasteiger partial charge in [0, 0.05) is 13.1 Å². The molecule has 2 N–H and O–H groups in total. The van der Waals surface area contributed by atoms with Crippen LogP contribution in [0.1, 0.15) is 54.4 Å². The van der Waals surface area contributed by atoms with Crippen molar-refractivity contribution in [3.05, 3.63) is 0 Å². The maximum atomic E-state index is 5.58. The second-order valence-electron chi connectivity index (χ2n) is 6.60. The average molecular weight is 295 g/mol. The van der Waals surface area contributed by atoms with Crippen LogP contribution >= 0.6 is 0 Å². The fraction of sp³-hybridized carbons (Fsp3) is 0.800. The molecule has 0 aliphatic heterocycles. The van der Waals surface area contributed by atoms with E-state index < -0.39 is 0 Å². The second-order valence-corrected chi connectivity index (χ2v) is 6.60. The van der Waals surface area contributed by atoms with Crippen molar-refractivity contribution in [2.24, 2.45) is 5.41 Å². The van der Waals surface area contributed by atoms with Gasteiger partial charge in [-0.1, -0.05) is 27.7 Å². The minimum Gasteiger partial charge on any atom is -0.461 e. The molecule has 0 aliphatic carbocycles. The highest BCUT2D eigenvalue weighted by atomic mass is 16.5. The number of nitrogens with zero attached hydrogens (tertiary/aromatic N) is 3. The van der Waals surface area contributed by atoms with Crippen molar-refractivity contribution in [3.63, 3.8) is 0 Å². The molecular formula is C15H29N5O. The molecule has 1 heterocycles. The molecule has 0 fully saturated rings. The molecule has 0 aliphatic rings. The topological polar surface area (TPSA) is 72.0 Å². The summed E-state index contributed by atoms with van der Waals surface area (Å²) in [5.74, 6) is 1.12. The number of rotatable bonds is 8. The number of anilines is 2. The summed E-state index contributed by atoms with van der Waals surface area (Å²) in [6.45, 7) is 14.3. The third-order valence-electron chi connectivity index (χ3n) is 2.65. The predicted molar refractivity (Wildman–Crippen MR) is 86.9 cm³/mol. The number of ether oxygens (including phenoxy) is 1. The standard InChI is InChI=1S/C15H29N5O/c1-7-9-16-12-18-13(17-10-8-15(4,5)6)20-14(19-12)21-11(2)3/h11H,7-10H2,1-6H3,(H2,16,17,18,19,20). The van der Waals surface area contributed by atoms with E-state index in [2.05, 4.69) is 53.3 Å². The van der Waals surface area contributed by atoms with Gasteiger partial charge in [-0.2, -0.15) is 15.0 Å². The summed E-state index contributed by atoms with van der Waals surface area (Å²) >= 11 is 0. The van der Waals surface area contributed by atoms with Crippen LogP contribution in [-0.4, -0.2) is 34.1 Å². The molecule has 1 aromatic heterocycles. The Hall–Kier alpha value is -1.59. The van der Waals surface area contributed by atoms with E-state index in [0.29, 0.717) is 17.9 Å². The highest BCUT2D eigenvalue weighted by molar-refractivity contribution is 5.35. The minimum absolute atomic E-state index is 0.0360. The molecule has 120 valence electrons. The Morgan fingerprint density at radius 3 is 2.05 bits per heavy atom. The Morgan fingerprint density at radius 1 is 1.00 bits per heavy atom. The Kier molecular flexibility index (Phi) is 6.65. The maximum Gasteiger partial charge on any atom is 0.323 e. The van der Waals surface area contributed by atoms with Gasteiger partial charge in [0.05, 0.1) is 6.10 Å². The van der Waals surface area contributed by atoms with Crippen LogP contribution in [0.5, 0.6) is 6.01 Å². The Labute approximate surface area is 128 Å². The van der Waals surface area contributed by atoms with Crippen molar-refractivity contribution < 1.29 is 4.74 Å². The van der Waals surface area contributed by atoms with Crippen molar-refractivity contribution in [1.29, 1.82) is 0 Å². The number of nitrogens with one attached hydrogen (secondary N) is 2. The van der Waals surface area contributed by atoms with E-state index >= 15 is 0 Å². The molecule has 0 aromatic carbocycles. The first-order valence-electron chi connectivity index (χ1n) is 7.70. The van der Waals surface area contributed by atoms with Gasteiger partial charge >= 0.3 is 6.01 Å². The van der Waals surface area contributed by atoms with Crippen LogP contribution in [0.25, 0.3) is 0 Å². The average Bonchev–Trinajstić information content (AvgIpc) is 2.33. The quantitative estimate of drug-likeness (QED) is 0.766. The molecule has 1 rings (SSSR count). The van der Waals surface area contributed by atoms with Gasteiger partial charge in [-0.05, 0) is 32.1 Å². The van der Waals surface area contributed by atoms with E-state index in [1.807, 2.05) is 13.8 Å². The molecule has 6 heteroatoms. The largest absolute Gasteiger partial charge is 0.461 e.